The standard InChI is InChI=1S/C14H16FN3O2/c1-8-5-6-10(9(15)7-8)18-12(14(2,3)4)11(13(19)20)16-17-18/h5-7H,1-4H3,(H,19,20). The molecule has 5 nitrogen and oxygen atoms in total. The van der Waals surface area contributed by atoms with Crippen LogP contribution < -0.4 is 0 Å². The van der Waals surface area contributed by atoms with Crippen molar-refractivity contribution in [2.75, 3.05) is 0 Å². The summed E-state index contributed by atoms with van der Waals surface area (Å²) in [5.74, 6) is -1.63. The van der Waals surface area contributed by atoms with E-state index in [1.807, 2.05) is 20.8 Å². The van der Waals surface area contributed by atoms with Crippen molar-refractivity contribution in [3.63, 3.8) is 0 Å². The number of hydrogen-bond acceptors (Lipinski definition) is 3. The molecule has 0 aliphatic heterocycles. The van der Waals surface area contributed by atoms with Crippen LogP contribution >= 0.6 is 0 Å². The summed E-state index contributed by atoms with van der Waals surface area (Å²) in [7, 11) is 0. The number of hydrogen-bond donors (Lipinski definition) is 1. The second kappa shape index (κ2) is 4.70. The van der Waals surface area contributed by atoms with Gasteiger partial charge in [0, 0.05) is 5.41 Å². The number of rotatable bonds is 2. The fourth-order valence-electron chi connectivity index (χ4n) is 2.05. The van der Waals surface area contributed by atoms with Gasteiger partial charge in [-0.05, 0) is 24.6 Å². The summed E-state index contributed by atoms with van der Waals surface area (Å²) in [6, 6.07) is 4.69. The molecule has 1 aromatic heterocycles. The number of aryl methyl sites for hydroxylation is 1. The Kier molecular flexibility index (Phi) is 3.33. The van der Waals surface area contributed by atoms with E-state index in [2.05, 4.69) is 10.3 Å². The molecule has 0 amide bonds. The maximum absolute atomic E-state index is 14.1. The molecule has 2 aromatic rings. The van der Waals surface area contributed by atoms with Gasteiger partial charge in [0.2, 0.25) is 0 Å². The van der Waals surface area contributed by atoms with Gasteiger partial charge in [0.25, 0.3) is 0 Å². The smallest absolute Gasteiger partial charge is 0.358 e. The molecule has 0 saturated heterocycles. The van der Waals surface area contributed by atoms with E-state index in [9.17, 15) is 14.3 Å². The van der Waals surface area contributed by atoms with Crippen molar-refractivity contribution in [1.82, 2.24) is 15.0 Å². The van der Waals surface area contributed by atoms with Crippen molar-refractivity contribution in [2.45, 2.75) is 33.1 Å². The fraction of sp³-hybridized carbons (Fsp3) is 0.357. The van der Waals surface area contributed by atoms with Crippen molar-refractivity contribution in [3.05, 3.63) is 41.0 Å². The first-order valence-corrected chi connectivity index (χ1v) is 6.18. The Morgan fingerprint density at radius 2 is 2.00 bits per heavy atom. The Morgan fingerprint density at radius 3 is 2.50 bits per heavy atom. The first kappa shape index (κ1) is 14.2. The molecular formula is C14H16FN3O2. The van der Waals surface area contributed by atoms with Crippen molar-refractivity contribution in [1.29, 1.82) is 0 Å². The number of carboxylic acid groups (broad SMARTS) is 1. The van der Waals surface area contributed by atoms with Crippen LogP contribution in [0, 0.1) is 12.7 Å². The van der Waals surface area contributed by atoms with Crippen LogP contribution in [0.4, 0.5) is 4.39 Å². The number of aromatic nitrogens is 3. The molecule has 106 valence electrons. The lowest BCUT2D eigenvalue weighted by molar-refractivity contribution is 0.0687. The molecule has 1 N–H and O–H groups in total. The van der Waals surface area contributed by atoms with E-state index in [1.165, 1.54) is 10.7 Å². The Labute approximate surface area is 116 Å². The predicted octanol–water partition coefficient (Wildman–Crippen LogP) is 2.71. The van der Waals surface area contributed by atoms with Crippen LogP contribution in [0.15, 0.2) is 18.2 Å². The first-order valence-electron chi connectivity index (χ1n) is 6.18. The molecule has 0 fully saturated rings. The number of carboxylic acids is 1. The Hall–Kier alpha value is -2.24. The average molecular weight is 277 g/mol. The number of carbonyl (C=O) groups is 1. The van der Waals surface area contributed by atoms with Crippen LogP contribution in [0.5, 0.6) is 0 Å². The quantitative estimate of drug-likeness (QED) is 0.916. The van der Waals surface area contributed by atoms with E-state index in [1.54, 1.807) is 19.1 Å². The molecule has 1 aromatic carbocycles. The summed E-state index contributed by atoms with van der Waals surface area (Å²) >= 11 is 0. The van der Waals surface area contributed by atoms with Crippen LogP contribution in [0.1, 0.15) is 42.5 Å². The summed E-state index contributed by atoms with van der Waals surface area (Å²) in [4.78, 5) is 11.2. The molecule has 20 heavy (non-hydrogen) atoms. The maximum atomic E-state index is 14.1. The lowest BCUT2D eigenvalue weighted by Gasteiger charge is -2.20. The van der Waals surface area contributed by atoms with Crippen molar-refractivity contribution in [3.8, 4) is 5.69 Å². The summed E-state index contributed by atoms with van der Waals surface area (Å²) in [5, 5.41) is 16.7. The van der Waals surface area contributed by atoms with Crippen molar-refractivity contribution < 1.29 is 14.3 Å². The molecule has 0 spiro atoms. The van der Waals surface area contributed by atoms with Gasteiger partial charge in [0.15, 0.2) is 5.69 Å². The normalized spacial score (nSPS) is 11.7. The highest BCUT2D eigenvalue weighted by Gasteiger charge is 2.30. The topological polar surface area (TPSA) is 68.0 Å². The highest BCUT2D eigenvalue weighted by Crippen LogP contribution is 2.28. The zero-order valence-electron chi connectivity index (χ0n) is 11.8. The minimum Gasteiger partial charge on any atom is -0.476 e. The summed E-state index contributed by atoms with van der Waals surface area (Å²) < 4.78 is 15.3. The number of benzene rings is 1. The first-order chi connectivity index (χ1) is 9.21. The molecule has 2 rings (SSSR count). The summed E-state index contributed by atoms with van der Waals surface area (Å²) in [6.45, 7) is 7.28. The van der Waals surface area contributed by atoms with E-state index in [4.69, 9.17) is 0 Å². The van der Waals surface area contributed by atoms with Gasteiger partial charge in [0.1, 0.15) is 11.5 Å². The molecule has 6 heteroatoms. The van der Waals surface area contributed by atoms with Gasteiger partial charge in [-0.15, -0.1) is 5.10 Å². The van der Waals surface area contributed by atoms with E-state index in [-0.39, 0.29) is 11.4 Å². The van der Waals surface area contributed by atoms with Gasteiger partial charge >= 0.3 is 5.97 Å². The van der Waals surface area contributed by atoms with Gasteiger partial charge in [-0.1, -0.05) is 32.1 Å². The largest absolute Gasteiger partial charge is 0.476 e. The molecule has 0 saturated carbocycles. The Bertz CT molecular complexity index is 672. The van der Waals surface area contributed by atoms with Crippen LogP contribution in [0.25, 0.3) is 5.69 Å². The van der Waals surface area contributed by atoms with Crippen LogP contribution in [0.3, 0.4) is 0 Å². The lowest BCUT2D eigenvalue weighted by Crippen LogP contribution is -2.21. The molecule has 0 atom stereocenters. The zero-order valence-corrected chi connectivity index (χ0v) is 11.8. The van der Waals surface area contributed by atoms with E-state index in [0.717, 1.165) is 5.56 Å². The summed E-state index contributed by atoms with van der Waals surface area (Å²) in [5.41, 5.74) is 0.655. The fourth-order valence-corrected chi connectivity index (χ4v) is 2.05. The molecule has 0 radical (unpaired) electrons. The highest BCUT2D eigenvalue weighted by atomic mass is 19.1. The SMILES string of the molecule is Cc1ccc(-n2nnc(C(=O)O)c2C(C)(C)C)c(F)c1. The minimum absolute atomic E-state index is 0.155. The van der Waals surface area contributed by atoms with Gasteiger partial charge in [-0.25, -0.2) is 13.9 Å². The second-order valence-corrected chi connectivity index (χ2v) is 5.71. The third-order valence-electron chi connectivity index (χ3n) is 2.91. The van der Waals surface area contributed by atoms with Gasteiger partial charge < -0.3 is 5.11 Å². The number of halogens is 1. The summed E-state index contributed by atoms with van der Waals surface area (Å²) in [6.07, 6.45) is 0. The van der Waals surface area contributed by atoms with Crippen molar-refractivity contribution >= 4 is 5.97 Å². The average Bonchev–Trinajstić information content (AvgIpc) is 2.73. The van der Waals surface area contributed by atoms with E-state index >= 15 is 0 Å². The minimum atomic E-state index is -1.17. The Morgan fingerprint density at radius 1 is 1.35 bits per heavy atom. The number of nitrogens with zero attached hydrogens (tertiary/aromatic N) is 3. The zero-order chi connectivity index (χ0) is 15.1. The lowest BCUT2D eigenvalue weighted by atomic mass is 9.90. The monoisotopic (exact) mass is 277 g/mol. The molecule has 0 aliphatic carbocycles. The molecule has 0 bridgehead atoms. The van der Waals surface area contributed by atoms with E-state index in [0.29, 0.717) is 5.69 Å². The highest BCUT2D eigenvalue weighted by molar-refractivity contribution is 5.87. The molecule has 0 aliphatic rings. The molecule has 1 heterocycles. The second-order valence-electron chi connectivity index (χ2n) is 5.71. The van der Waals surface area contributed by atoms with Gasteiger partial charge in [0.05, 0.1) is 5.69 Å². The van der Waals surface area contributed by atoms with Crippen LogP contribution in [-0.2, 0) is 5.41 Å². The molecular weight excluding hydrogens is 261 g/mol. The van der Waals surface area contributed by atoms with Gasteiger partial charge in [-0.2, -0.15) is 0 Å². The van der Waals surface area contributed by atoms with Gasteiger partial charge in [-0.3, -0.25) is 0 Å². The third kappa shape index (κ3) is 2.41. The Balaban J connectivity index is 2.72. The van der Waals surface area contributed by atoms with Crippen LogP contribution in [-0.4, -0.2) is 26.1 Å². The van der Waals surface area contributed by atoms with E-state index < -0.39 is 17.2 Å². The third-order valence-corrected chi connectivity index (χ3v) is 2.91. The van der Waals surface area contributed by atoms with Crippen molar-refractivity contribution in [2.24, 2.45) is 0 Å². The van der Waals surface area contributed by atoms with Crippen LogP contribution in [0.2, 0.25) is 0 Å². The maximum Gasteiger partial charge on any atom is 0.358 e. The predicted molar refractivity (Wildman–Crippen MR) is 71.7 cm³/mol. The number of aromatic carboxylic acids is 1. The molecule has 0 unspecified atom stereocenters.